The van der Waals surface area contributed by atoms with Gasteiger partial charge in [0, 0.05) is 24.7 Å². The largest absolute Gasteiger partial charge is 0.478 e. The molecule has 0 aliphatic heterocycles. The van der Waals surface area contributed by atoms with Gasteiger partial charge in [-0.05, 0) is 13.3 Å². The second kappa shape index (κ2) is 9.22. The Hall–Kier alpha value is -0.870. The van der Waals surface area contributed by atoms with Gasteiger partial charge in [-0.25, -0.2) is 4.79 Å². The second-order valence-corrected chi connectivity index (χ2v) is 2.72. The Morgan fingerprint density at radius 2 is 1.69 bits per heavy atom. The molecular formula is C9H18O4. The summed E-state index contributed by atoms with van der Waals surface area (Å²) >= 11 is 0. The molecule has 0 saturated carbocycles. The van der Waals surface area contributed by atoms with Crippen molar-refractivity contribution in [2.75, 3.05) is 13.2 Å². The number of aliphatic carboxylic acids is 1. The van der Waals surface area contributed by atoms with Crippen LogP contribution in [0.15, 0.2) is 12.2 Å². The van der Waals surface area contributed by atoms with Gasteiger partial charge in [-0.3, -0.25) is 0 Å². The first kappa shape index (κ1) is 14.6. The van der Waals surface area contributed by atoms with Crippen molar-refractivity contribution in [1.29, 1.82) is 0 Å². The molecule has 4 heteroatoms. The predicted octanol–water partition coefficient (Wildman–Crippen LogP) is 0.644. The summed E-state index contributed by atoms with van der Waals surface area (Å²) in [6, 6.07) is 0. The summed E-state index contributed by atoms with van der Waals surface area (Å²) in [6.07, 6.45) is 0.854. The van der Waals surface area contributed by atoms with E-state index >= 15 is 0 Å². The van der Waals surface area contributed by atoms with E-state index in [4.69, 9.17) is 15.3 Å². The lowest BCUT2D eigenvalue weighted by Crippen LogP contribution is -2.08. The van der Waals surface area contributed by atoms with Crippen molar-refractivity contribution in [1.82, 2.24) is 0 Å². The van der Waals surface area contributed by atoms with Crippen molar-refractivity contribution < 1.29 is 20.1 Å². The van der Waals surface area contributed by atoms with E-state index in [1.807, 2.05) is 6.92 Å². The summed E-state index contributed by atoms with van der Waals surface area (Å²) in [5.41, 5.74) is 0.176. The Kier molecular flexibility index (Phi) is 10.4. The molecule has 0 radical (unpaired) electrons. The molecule has 13 heavy (non-hydrogen) atoms. The van der Waals surface area contributed by atoms with Gasteiger partial charge in [0.15, 0.2) is 0 Å². The van der Waals surface area contributed by atoms with Crippen LogP contribution in [0.4, 0.5) is 0 Å². The SMILES string of the molecule is C=C(C)C(=O)O.CCC(CO)CO. The molecule has 0 fully saturated rings. The van der Waals surface area contributed by atoms with Crippen molar-refractivity contribution in [2.45, 2.75) is 20.3 Å². The first-order valence-corrected chi connectivity index (χ1v) is 4.10. The smallest absolute Gasteiger partial charge is 0.330 e. The van der Waals surface area contributed by atoms with E-state index in [1.165, 1.54) is 6.92 Å². The maximum atomic E-state index is 9.60. The number of aliphatic hydroxyl groups is 2. The molecule has 0 aliphatic rings. The minimum absolute atomic E-state index is 0.0972. The molecule has 0 spiro atoms. The molecule has 4 nitrogen and oxygen atoms in total. The van der Waals surface area contributed by atoms with Crippen molar-refractivity contribution in [3.05, 3.63) is 12.2 Å². The Morgan fingerprint density at radius 1 is 1.38 bits per heavy atom. The Morgan fingerprint density at radius 3 is 1.69 bits per heavy atom. The van der Waals surface area contributed by atoms with Gasteiger partial charge < -0.3 is 15.3 Å². The topological polar surface area (TPSA) is 77.8 Å². The first-order valence-electron chi connectivity index (χ1n) is 4.10. The van der Waals surface area contributed by atoms with E-state index in [-0.39, 0.29) is 24.7 Å². The number of carboxylic acid groups (broad SMARTS) is 1. The molecule has 3 N–H and O–H groups in total. The highest BCUT2D eigenvalue weighted by atomic mass is 16.4. The second-order valence-electron chi connectivity index (χ2n) is 2.72. The number of aliphatic hydroxyl groups excluding tert-OH is 2. The van der Waals surface area contributed by atoms with Crippen LogP contribution in [-0.4, -0.2) is 34.5 Å². The van der Waals surface area contributed by atoms with Crippen LogP contribution in [0.1, 0.15) is 20.3 Å². The molecule has 0 unspecified atom stereocenters. The van der Waals surface area contributed by atoms with Gasteiger partial charge in [-0.2, -0.15) is 0 Å². The van der Waals surface area contributed by atoms with Gasteiger partial charge >= 0.3 is 5.97 Å². The van der Waals surface area contributed by atoms with Gasteiger partial charge in [0.2, 0.25) is 0 Å². The minimum Gasteiger partial charge on any atom is -0.478 e. The average Bonchev–Trinajstić information content (AvgIpc) is 2.08. The highest BCUT2D eigenvalue weighted by Crippen LogP contribution is 1.96. The molecule has 78 valence electrons. The fourth-order valence-corrected chi connectivity index (χ4v) is 0.316. The Balaban J connectivity index is 0. The third kappa shape index (κ3) is 11.1. The molecular weight excluding hydrogens is 172 g/mol. The third-order valence-corrected chi connectivity index (χ3v) is 1.46. The van der Waals surface area contributed by atoms with Crippen LogP contribution >= 0.6 is 0 Å². The van der Waals surface area contributed by atoms with Crippen LogP contribution in [0, 0.1) is 5.92 Å². The molecule has 0 rings (SSSR count). The van der Waals surface area contributed by atoms with E-state index in [0.717, 1.165) is 6.42 Å². The minimum atomic E-state index is -0.935. The number of hydrogen-bond donors (Lipinski definition) is 3. The maximum absolute atomic E-state index is 9.60. The zero-order chi connectivity index (χ0) is 10.9. The van der Waals surface area contributed by atoms with Crippen LogP contribution in [0.5, 0.6) is 0 Å². The van der Waals surface area contributed by atoms with E-state index in [2.05, 4.69) is 6.58 Å². The average molecular weight is 190 g/mol. The summed E-state index contributed by atoms with van der Waals surface area (Å²) in [5.74, 6) is -0.838. The summed E-state index contributed by atoms with van der Waals surface area (Å²) < 4.78 is 0. The fourth-order valence-electron chi connectivity index (χ4n) is 0.316. The lowest BCUT2D eigenvalue weighted by molar-refractivity contribution is -0.132. The van der Waals surface area contributed by atoms with Crippen molar-refractivity contribution >= 4 is 5.97 Å². The molecule has 0 bridgehead atoms. The van der Waals surface area contributed by atoms with Crippen LogP contribution in [0.3, 0.4) is 0 Å². The monoisotopic (exact) mass is 190 g/mol. The summed E-state index contributed by atoms with van der Waals surface area (Å²) in [7, 11) is 0. The molecule has 0 aliphatic carbocycles. The lowest BCUT2D eigenvalue weighted by atomic mass is 10.1. The maximum Gasteiger partial charge on any atom is 0.330 e. The van der Waals surface area contributed by atoms with Crippen LogP contribution in [0.2, 0.25) is 0 Å². The normalized spacial score (nSPS) is 9.00. The fraction of sp³-hybridized carbons (Fsp3) is 0.667. The predicted molar refractivity (Wildman–Crippen MR) is 50.4 cm³/mol. The zero-order valence-electron chi connectivity index (χ0n) is 8.16. The first-order chi connectivity index (χ1) is 5.99. The highest BCUT2D eigenvalue weighted by Gasteiger charge is 1.98. The molecule has 0 saturated heterocycles. The molecule has 0 amide bonds. The van der Waals surface area contributed by atoms with Gasteiger partial charge in [-0.1, -0.05) is 13.5 Å². The lowest BCUT2D eigenvalue weighted by Gasteiger charge is -2.03. The van der Waals surface area contributed by atoms with Crippen LogP contribution < -0.4 is 0 Å². The van der Waals surface area contributed by atoms with Gasteiger partial charge in [0.25, 0.3) is 0 Å². The quantitative estimate of drug-likeness (QED) is 0.569. The summed E-state index contributed by atoms with van der Waals surface area (Å²) in [5, 5.41) is 24.6. The van der Waals surface area contributed by atoms with Crippen LogP contribution in [-0.2, 0) is 4.79 Å². The number of rotatable bonds is 4. The molecule has 0 aromatic rings. The van der Waals surface area contributed by atoms with Crippen molar-refractivity contribution in [3.63, 3.8) is 0 Å². The van der Waals surface area contributed by atoms with Crippen molar-refractivity contribution in [3.8, 4) is 0 Å². The third-order valence-electron chi connectivity index (χ3n) is 1.46. The molecule has 0 aromatic carbocycles. The highest BCUT2D eigenvalue weighted by molar-refractivity contribution is 5.84. The molecule has 0 heterocycles. The zero-order valence-corrected chi connectivity index (χ0v) is 8.16. The van der Waals surface area contributed by atoms with Gasteiger partial charge in [0.05, 0.1) is 0 Å². The van der Waals surface area contributed by atoms with E-state index in [1.54, 1.807) is 0 Å². The Bertz CT molecular complexity index is 132. The summed E-state index contributed by atoms with van der Waals surface area (Å²) in [4.78, 5) is 9.60. The van der Waals surface area contributed by atoms with Gasteiger partial charge in [-0.15, -0.1) is 0 Å². The van der Waals surface area contributed by atoms with Crippen molar-refractivity contribution in [2.24, 2.45) is 5.92 Å². The standard InChI is InChI=1S/C5H12O2.C4H6O2/c1-2-5(3-6)4-7;1-3(2)4(5)6/h5-7H,2-4H2,1H3;1H2,2H3,(H,5,6). The van der Waals surface area contributed by atoms with E-state index in [0.29, 0.717) is 0 Å². The number of carbonyl (C=O) groups is 1. The number of hydrogen-bond acceptors (Lipinski definition) is 3. The molecule has 0 aromatic heterocycles. The number of carboxylic acids is 1. The van der Waals surface area contributed by atoms with Crippen LogP contribution in [0.25, 0.3) is 0 Å². The van der Waals surface area contributed by atoms with E-state index < -0.39 is 5.97 Å². The van der Waals surface area contributed by atoms with E-state index in [9.17, 15) is 4.79 Å². The Labute approximate surface area is 78.5 Å². The molecule has 0 atom stereocenters. The van der Waals surface area contributed by atoms with Gasteiger partial charge in [0.1, 0.15) is 0 Å². The summed E-state index contributed by atoms with van der Waals surface area (Å²) in [6.45, 7) is 6.75.